The van der Waals surface area contributed by atoms with E-state index in [9.17, 15) is 8.42 Å². The summed E-state index contributed by atoms with van der Waals surface area (Å²) in [6.07, 6.45) is 1.16. The summed E-state index contributed by atoms with van der Waals surface area (Å²) in [4.78, 5) is 3.70. The lowest BCUT2D eigenvalue weighted by molar-refractivity contribution is 0.601. The summed E-state index contributed by atoms with van der Waals surface area (Å²) in [7, 11) is -3.83. The van der Waals surface area contributed by atoms with Crippen LogP contribution in [0.15, 0.2) is 35.4 Å². The van der Waals surface area contributed by atoms with Gasteiger partial charge >= 0.3 is 0 Å². The van der Waals surface area contributed by atoms with Crippen LogP contribution in [0.2, 0.25) is 15.2 Å². The molecule has 8 heteroatoms. The van der Waals surface area contributed by atoms with Crippen LogP contribution in [0.4, 0.5) is 5.69 Å². The minimum Gasteiger partial charge on any atom is -0.277 e. The van der Waals surface area contributed by atoms with Crippen molar-refractivity contribution in [3.63, 3.8) is 0 Å². The van der Waals surface area contributed by atoms with Crippen molar-refractivity contribution in [1.82, 2.24) is 4.98 Å². The van der Waals surface area contributed by atoms with E-state index in [0.29, 0.717) is 5.56 Å². The predicted molar refractivity (Wildman–Crippen MR) is 81.3 cm³/mol. The summed E-state index contributed by atoms with van der Waals surface area (Å²) >= 11 is 17.7. The van der Waals surface area contributed by atoms with Gasteiger partial charge in [-0.1, -0.05) is 40.9 Å². The van der Waals surface area contributed by atoms with Gasteiger partial charge in [-0.25, -0.2) is 13.4 Å². The highest BCUT2D eigenvalue weighted by molar-refractivity contribution is 7.92. The van der Waals surface area contributed by atoms with Crippen LogP contribution in [0.25, 0.3) is 0 Å². The second-order valence-corrected chi connectivity index (χ2v) is 6.83. The van der Waals surface area contributed by atoms with E-state index in [1.165, 1.54) is 12.1 Å². The molecular weight excluding hydrogens is 343 g/mol. The standard InChI is InChI=1S/C12H9Cl3N2O2S/c1-7-2-4-9(13)12(11(7)15)17-20(18,19)8-3-5-10(14)16-6-8/h2-6,17H,1H3. The lowest BCUT2D eigenvalue weighted by Crippen LogP contribution is -2.14. The van der Waals surface area contributed by atoms with Crippen LogP contribution in [0.1, 0.15) is 5.56 Å². The van der Waals surface area contributed by atoms with Gasteiger partial charge < -0.3 is 0 Å². The smallest absolute Gasteiger partial charge is 0.263 e. The van der Waals surface area contributed by atoms with Gasteiger partial charge in [0.1, 0.15) is 10.0 Å². The average molecular weight is 352 g/mol. The number of hydrogen-bond acceptors (Lipinski definition) is 3. The number of pyridine rings is 1. The van der Waals surface area contributed by atoms with E-state index < -0.39 is 10.0 Å². The van der Waals surface area contributed by atoms with Crippen molar-refractivity contribution in [2.45, 2.75) is 11.8 Å². The summed E-state index contributed by atoms with van der Waals surface area (Å²) in [6, 6.07) is 6.00. The Bertz CT molecular complexity index is 746. The zero-order valence-electron chi connectivity index (χ0n) is 10.2. The number of nitrogens with zero attached hydrogens (tertiary/aromatic N) is 1. The van der Waals surface area contributed by atoms with Crippen molar-refractivity contribution in [3.8, 4) is 0 Å². The summed E-state index contributed by atoms with van der Waals surface area (Å²) in [5.41, 5.74) is 0.853. The average Bonchev–Trinajstić information content (AvgIpc) is 2.40. The van der Waals surface area contributed by atoms with Crippen LogP contribution in [0, 0.1) is 6.92 Å². The van der Waals surface area contributed by atoms with Gasteiger partial charge in [-0.05, 0) is 30.7 Å². The second-order valence-electron chi connectivity index (χ2n) is 3.98. The van der Waals surface area contributed by atoms with Crippen molar-refractivity contribution < 1.29 is 8.42 Å². The first-order valence-electron chi connectivity index (χ1n) is 5.40. The van der Waals surface area contributed by atoms with Crippen molar-refractivity contribution in [3.05, 3.63) is 51.2 Å². The number of hydrogen-bond donors (Lipinski definition) is 1. The fourth-order valence-electron chi connectivity index (χ4n) is 1.46. The minimum absolute atomic E-state index is 0.0319. The van der Waals surface area contributed by atoms with Crippen LogP contribution < -0.4 is 4.72 Å². The maximum Gasteiger partial charge on any atom is 0.263 e. The highest BCUT2D eigenvalue weighted by Gasteiger charge is 2.19. The molecule has 0 radical (unpaired) electrons. The molecule has 0 atom stereocenters. The van der Waals surface area contributed by atoms with E-state index in [-0.39, 0.29) is 25.8 Å². The van der Waals surface area contributed by atoms with Crippen molar-refractivity contribution in [1.29, 1.82) is 0 Å². The second kappa shape index (κ2) is 5.77. The molecule has 1 N–H and O–H groups in total. The Morgan fingerprint density at radius 3 is 2.40 bits per heavy atom. The Morgan fingerprint density at radius 1 is 1.10 bits per heavy atom. The van der Waals surface area contributed by atoms with Gasteiger partial charge in [0.25, 0.3) is 10.0 Å². The number of anilines is 1. The molecule has 1 aromatic heterocycles. The van der Waals surface area contributed by atoms with Crippen LogP contribution in [0.3, 0.4) is 0 Å². The van der Waals surface area contributed by atoms with Crippen LogP contribution in [-0.4, -0.2) is 13.4 Å². The number of benzene rings is 1. The molecule has 0 saturated carbocycles. The van der Waals surface area contributed by atoms with Crippen molar-refractivity contribution in [2.75, 3.05) is 4.72 Å². The topological polar surface area (TPSA) is 59.1 Å². The van der Waals surface area contributed by atoms with E-state index in [2.05, 4.69) is 9.71 Å². The van der Waals surface area contributed by atoms with Crippen LogP contribution >= 0.6 is 34.8 Å². The van der Waals surface area contributed by atoms with E-state index in [0.717, 1.165) is 6.20 Å². The zero-order valence-corrected chi connectivity index (χ0v) is 13.3. The SMILES string of the molecule is Cc1ccc(Cl)c(NS(=O)(=O)c2ccc(Cl)nc2)c1Cl. The third kappa shape index (κ3) is 3.17. The summed E-state index contributed by atoms with van der Waals surface area (Å²) in [6.45, 7) is 1.75. The van der Waals surface area contributed by atoms with Crippen molar-refractivity contribution in [2.24, 2.45) is 0 Å². The lowest BCUT2D eigenvalue weighted by Gasteiger charge is -2.12. The molecule has 2 aromatic rings. The van der Waals surface area contributed by atoms with Crippen molar-refractivity contribution >= 4 is 50.5 Å². The summed E-state index contributed by atoms with van der Waals surface area (Å²) < 4.78 is 26.8. The first-order chi connectivity index (χ1) is 9.31. The van der Waals surface area contributed by atoms with Gasteiger partial charge in [0.2, 0.25) is 0 Å². The Hall–Kier alpha value is -1.01. The summed E-state index contributed by atoms with van der Waals surface area (Å²) in [5, 5.41) is 0.671. The largest absolute Gasteiger partial charge is 0.277 e. The normalized spacial score (nSPS) is 11.4. The highest BCUT2D eigenvalue weighted by Crippen LogP contribution is 2.34. The molecule has 106 valence electrons. The maximum atomic E-state index is 12.2. The molecule has 0 spiro atoms. The molecule has 0 bridgehead atoms. The Labute approximate surface area is 131 Å². The fraction of sp³-hybridized carbons (Fsp3) is 0.0833. The molecule has 2 rings (SSSR count). The Morgan fingerprint density at radius 2 is 1.80 bits per heavy atom. The molecule has 0 aliphatic rings. The summed E-state index contributed by atoms with van der Waals surface area (Å²) in [5.74, 6) is 0. The Balaban J connectivity index is 2.43. The van der Waals surface area contributed by atoms with Gasteiger partial charge in [-0.3, -0.25) is 4.72 Å². The molecule has 0 fully saturated rings. The molecule has 20 heavy (non-hydrogen) atoms. The first-order valence-corrected chi connectivity index (χ1v) is 8.02. The van der Waals surface area contributed by atoms with Gasteiger partial charge in [0.15, 0.2) is 0 Å². The molecular formula is C12H9Cl3N2O2S. The van der Waals surface area contributed by atoms with E-state index in [1.807, 2.05) is 0 Å². The van der Waals surface area contributed by atoms with Crippen LogP contribution in [0.5, 0.6) is 0 Å². The lowest BCUT2D eigenvalue weighted by atomic mass is 10.2. The number of aromatic nitrogens is 1. The molecule has 1 heterocycles. The number of aryl methyl sites for hydroxylation is 1. The monoisotopic (exact) mass is 350 g/mol. The van der Waals surface area contributed by atoms with E-state index in [4.69, 9.17) is 34.8 Å². The van der Waals surface area contributed by atoms with Gasteiger partial charge in [-0.2, -0.15) is 0 Å². The number of halogens is 3. The number of rotatable bonds is 3. The molecule has 0 amide bonds. The maximum absolute atomic E-state index is 12.2. The molecule has 0 saturated heterocycles. The zero-order chi connectivity index (χ0) is 14.9. The molecule has 0 aliphatic heterocycles. The first kappa shape index (κ1) is 15.4. The van der Waals surface area contributed by atoms with E-state index in [1.54, 1.807) is 19.1 Å². The molecule has 0 aliphatic carbocycles. The van der Waals surface area contributed by atoms with Gasteiger partial charge in [-0.15, -0.1) is 0 Å². The number of sulfonamides is 1. The Kier molecular flexibility index (Phi) is 4.44. The highest BCUT2D eigenvalue weighted by atomic mass is 35.5. The molecule has 0 unspecified atom stereocenters. The van der Waals surface area contributed by atoms with E-state index >= 15 is 0 Å². The molecule has 4 nitrogen and oxygen atoms in total. The number of nitrogens with one attached hydrogen (secondary N) is 1. The third-order valence-electron chi connectivity index (χ3n) is 2.53. The third-order valence-corrected chi connectivity index (χ3v) is 4.89. The van der Waals surface area contributed by atoms with Gasteiger partial charge in [0, 0.05) is 6.20 Å². The van der Waals surface area contributed by atoms with Gasteiger partial charge in [0.05, 0.1) is 15.7 Å². The predicted octanol–water partition coefficient (Wildman–Crippen LogP) is 4.15. The quantitative estimate of drug-likeness (QED) is 0.845. The van der Waals surface area contributed by atoms with Crippen LogP contribution in [-0.2, 0) is 10.0 Å². The minimum atomic E-state index is -3.83. The molecule has 1 aromatic carbocycles. The fourth-order valence-corrected chi connectivity index (χ4v) is 3.19.